The van der Waals surface area contributed by atoms with Crippen LogP contribution in [0.5, 0.6) is 0 Å². The molecule has 6 nitrogen and oxygen atoms in total. The van der Waals surface area contributed by atoms with Crippen LogP contribution in [0.15, 0.2) is 54.6 Å². The molecule has 1 aliphatic rings. The number of nitrogens with zero attached hydrogens (tertiary/aromatic N) is 4. The van der Waals surface area contributed by atoms with Crippen molar-refractivity contribution in [2.75, 3.05) is 36.4 Å². The molecule has 1 N–H and O–H groups in total. The Kier molecular flexibility index (Phi) is 7.76. The lowest BCUT2D eigenvalue weighted by atomic mass is 10.0. The Morgan fingerprint density at radius 2 is 1.78 bits per heavy atom. The lowest BCUT2D eigenvalue weighted by molar-refractivity contribution is -0.137. The van der Waals surface area contributed by atoms with Crippen LogP contribution < -0.4 is 10.2 Å². The van der Waals surface area contributed by atoms with Crippen LogP contribution in [-0.4, -0.2) is 47.1 Å². The van der Waals surface area contributed by atoms with Crippen molar-refractivity contribution in [2.45, 2.75) is 39.3 Å². The van der Waals surface area contributed by atoms with Crippen LogP contribution in [-0.2, 0) is 19.0 Å². The molecule has 2 aromatic carbocycles. The van der Waals surface area contributed by atoms with Gasteiger partial charge < -0.3 is 15.1 Å². The molecule has 36 heavy (non-hydrogen) atoms. The number of amides is 2. The molecule has 0 atom stereocenters. The predicted molar refractivity (Wildman–Crippen MR) is 134 cm³/mol. The van der Waals surface area contributed by atoms with Crippen LogP contribution >= 0.6 is 0 Å². The van der Waals surface area contributed by atoms with Gasteiger partial charge in [-0.3, -0.25) is 0 Å². The number of alkyl halides is 3. The highest BCUT2D eigenvalue weighted by Gasteiger charge is 2.31. The van der Waals surface area contributed by atoms with Gasteiger partial charge >= 0.3 is 12.2 Å². The fraction of sp³-hybridized carbons (Fsp3) is 0.370. The van der Waals surface area contributed by atoms with Gasteiger partial charge in [0.2, 0.25) is 0 Å². The SMILES string of the molecule is CCc1nc(C)nc(N2CCCN(C(=O)Nc3cccc(C(F)(F)F)c3)CC2)c1Cc1ccccc1. The van der Waals surface area contributed by atoms with Crippen molar-refractivity contribution in [3.8, 4) is 0 Å². The van der Waals surface area contributed by atoms with Gasteiger partial charge in [-0.25, -0.2) is 14.8 Å². The third kappa shape index (κ3) is 6.13. The van der Waals surface area contributed by atoms with Gasteiger partial charge in [-0.1, -0.05) is 43.3 Å². The van der Waals surface area contributed by atoms with Crippen LogP contribution in [0.4, 0.5) is 29.5 Å². The number of aromatic nitrogens is 2. The number of benzene rings is 2. The van der Waals surface area contributed by atoms with Gasteiger partial charge in [-0.15, -0.1) is 0 Å². The zero-order chi connectivity index (χ0) is 25.7. The first-order valence-electron chi connectivity index (χ1n) is 12.1. The summed E-state index contributed by atoms with van der Waals surface area (Å²) >= 11 is 0. The number of rotatable bonds is 5. The smallest absolute Gasteiger partial charge is 0.354 e. The molecular formula is C27H30F3N5O. The molecule has 2 heterocycles. The van der Waals surface area contributed by atoms with Crippen LogP contribution in [0.1, 0.15) is 41.6 Å². The van der Waals surface area contributed by atoms with Crippen molar-refractivity contribution in [3.63, 3.8) is 0 Å². The van der Waals surface area contributed by atoms with Crippen molar-refractivity contribution in [1.82, 2.24) is 14.9 Å². The summed E-state index contributed by atoms with van der Waals surface area (Å²) in [4.78, 5) is 26.2. The van der Waals surface area contributed by atoms with Gasteiger partial charge in [0.05, 0.1) is 5.56 Å². The number of nitrogens with one attached hydrogen (secondary N) is 1. The quantitative estimate of drug-likeness (QED) is 0.491. The van der Waals surface area contributed by atoms with E-state index in [2.05, 4.69) is 34.3 Å². The maximum Gasteiger partial charge on any atom is 0.416 e. The largest absolute Gasteiger partial charge is 0.416 e. The second-order valence-electron chi connectivity index (χ2n) is 8.87. The third-order valence-electron chi connectivity index (χ3n) is 6.27. The van der Waals surface area contributed by atoms with E-state index in [4.69, 9.17) is 4.98 Å². The summed E-state index contributed by atoms with van der Waals surface area (Å²) in [5, 5.41) is 2.62. The van der Waals surface area contributed by atoms with Crippen LogP contribution in [0.2, 0.25) is 0 Å². The molecule has 0 aliphatic carbocycles. The molecule has 1 aliphatic heterocycles. The number of carbonyl (C=O) groups is 1. The molecule has 0 saturated carbocycles. The fourth-order valence-electron chi connectivity index (χ4n) is 4.48. The monoisotopic (exact) mass is 497 g/mol. The summed E-state index contributed by atoms with van der Waals surface area (Å²) in [5.74, 6) is 1.60. The number of hydrogen-bond acceptors (Lipinski definition) is 4. The maximum atomic E-state index is 13.0. The molecule has 1 fully saturated rings. The Bertz CT molecular complexity index is 1200. The molecular weight excluding hydrogens is 467 g/mol. The van der Waals surface area contributed by atoms with E-state index in [1.165, 1.54) is 17.7 Å². The first-order chi connectivity index (χ1) is 17.2. The lowest BCUT2D eigenvalue weighted by Crippen LogP contribution is -2.38. The highest BCUT2D eigenvalue weighted by atomic mass is 19.4. The number of aryl methyl sites for hydroxylation is 2. The van der Waals surface area contributed by atoms with Crippen LogP contribution in [0, 0.1) is 6.92 Å². The minimum Gasteiger partial charge on any atom is -0.354 e. The summed E-state index contributed by atoms with van der Waals surface area (Å²) in [6.45, 7) is 6.19. The van der Waals surface area contributed by atoms with E-state index in [0.717, 1.165) is 48.6 Å². The molecule has 3 aromatic rings. The maximum absolute atomic E-state index is 13.0. The predicted octanol–water partition coefficient (Wildman–Crippen LogP) is 5.70. The van der Waals surface area contributed by atoms with Crippen molar-refractivity contribution >= 4 is 17.5 Å². The zero-order valence-corrected chi connectivity index (χ0v) is 20.5. The molecule has 4 rings (SSSR count). The van der Waals surface area contributed by atoms with E-state index in [-0.39, 0.29) is 5.69 Å². The van der Waals surface area contributed by atoms with Crippen molar-refractivity contribution in [1.29, 1.82) is 0 Å². The Morgan fingerprint density at radius 3 is 2.50 bits per heavy atom. The summed E-state index contributed by atoms with van der Waals surface area (Å²) in [5.41, 5.74) is 2.62. The molecule has 2 amide bonds. The molecule has 0 radical (unpaired) electrons. The topological polar surface area (TPSA) is 61.4 Å². The molecule has 190 valence electrons. The van der Waals surface area contributed by atoms with Gasteiger partial charge in [0.15, 0.2) is 0 Å². The molecule has 9 heteroatoms. The lowest BCUT2D eigenvalue weighted by Gasteiger charge is -2.26. The molecule has 1 saturated heterocycles. The summed E-state index contributed by atoms with van der Waals surface area (Å²) in [6, 6.07) is 14.5. The Hall–Kier alpha value is -3.62. The van der Waals surface area contributed by atoms with E-state index in [1.54, 1.807) is 4.90 Å². The summed E-state index contributed by atoms with van der Waals surface area (Å²) in [6.07, 6.45) is -2.24. The van der Waals surface area contributed by atoms with Gasteiger partial charge in [0.1, 0.15) is 11.6 Å². The summed E-state index contributed by atoms with van der Waals surface area (Å²) in [7, 11) is 0. The molecule has 0 spiro atoms. The van der Waals surface area contributed by atoms with E-state index in [9.17, 15) is 18.0 Å². The molecule has 0 unspecified atom stereocenters. The minimum atomic E-state index is -4.46. The van der Waals surface area contributed by atoms with Gasteiger partial charge in [0.25, 0.3) is 0 Å². The second kappa shape index (κ2) is 11.0. The Labute approximate surface area is 209 Å². The molecule has 0 bridgehead atoms. The van der Waals surface area contributed by atoms with Gasteiger partial charge in [-0.05, 0) is 43.5 Å². The number of carbonyl (C=O) groups excluding carboxylic acids is 1. The van der Waals surface area contributed by atoms with E-state index < -0.39 is 17.8 Å². The fourth-order valence-corrected chi connectivity index (χ4v) is 4.48. The van der Waals surface area contributed by atoms with E-state index >= 15 is 0 Å². The average molecular weight is 498 g/mol. The average Bonchev–Trinajstić information content (AvgIpc) is 3.11. The van der Waals surface area contributed by atoms with E-state index in [0.29, 0.717) is 31.9 Å². The van der Waals surface area contributed by atoms with Crippen molar-refractivity contribution < 1.29 is 18.0 Å². The highest BCUT2D eigenvalue weighted by molar-refractivity contribution is 5.89. The second-order valence-corrected chi connectivity index (χ2v) is 8.87. The number of urea groups is 1. The van der Waals surface area contributed by atoms with Crippen LogP contribution in [0.25, 0.3) is 0 Å². The van der Waals surface area contributed by atoms with Crippen LogP contribution in [0.3, 0.4) is 0 Å². The Balaban J connectivity index is 1.50. The number of hydrogen-bond donors (Lipinski definition) is 1. The minimum absolute atomic E-state index is 0.125. The first kappa shape index (κ1) is 25.5. The standard InChI is InChI=1S/C27H30F3N5O/c1-3-24-23(17-20-9-5-4-6-10-20)25(32-19(2)31-24)34-13-8-14-35(16-15-34)26(36)33-22-12-7-11-21(18-22)27(28,29)30/h4-7,9-12,18H,3,8,13-17H2,1-2H3,(H,33,36). The number of anilines is 2. The van der Waals surface area contributed by atoms with Crippen molar-refractivity contribution in [3.05, 3.63) is 82.8 Å². The van der Waals surface area contributed by atoms with E-state index in [1.807, 2.05) is 25.1 Å². The molecule has 1 aromatic heterocycles. The van der Waals surface area contributed by atoms with Gasteiger partial charge in [-0.2, -0.15) is 13.2 Å². The first-order valence-corrected chi connectivity index (χ1v) is 12.1. The zero-order valence-electron chi connectivity index (χ0n) is 20.5. The number of halogens is 3. The third-order valence-corrected chi connectivity index (χ3v) is 6.27. The highest BCUT2D eigenvalue weighted by Crippen LogP contribution is 2.31. The Morgan fingerprint density at radius 1 is 1.00 bits per heavy atom. The normalized spacial score (nSPS) is 14.5. The summed E-state index contributed by atoms with van der Waals surface area (Å²) < 4.78 is 39.1. The van der Waals surface area contributed by atoms with Gasteiger partial charge in [0, 0.05) is 49.5 Å². The van der Waals surface area contributed by atoms with Crippen molar-refractivity contribution in [2.24, 2.45) is 0 Å².